The summed E-state index contributed by atoms with van der Waals surface area (Å²) in [6.07, 6.45) is 1.61. The summed E-state index contributed by atoms with van der Waals surface area (Å²) in [6.45, 7) is 4.37. The lowest BCUT2D eigenvalue weighted by Crippen LogP contribution is -2.50. The van der Waals surface area contributed by atoms with Gasteiger partial charge >= 0.3 is 0 Å². The number of hydrogen-bond acceptors (Lipinski definition) is 4. The van der Waals surface area contributed by atoms with Crippen LogP contribution in [0, 0.1) is 18.3 Å². The topological polar surface area (TPSA) is 60.2 Å². The van der Waals surface area contributed by atoms with E-state index in [9.17, 15) is 4.79 Å². The van der Waals surface area contributed by atoms with E-state index in [2.05, 4.69) is 30.1 Å². The Morgan fingerprint density at radius 1 is 1.26 bits per heavy atom. The Balaban J connectivity index is 1.67. The summed E-state index contributed by atoms with van der Waals surface area (Å²) < 4.78 is 0. The van der Waals surface area contributed by atoms with Crippen LogP contribution in [0.4, 0.5) is 5.82 Å². The molecule has 2 heterocycles. The first kappa shape index (κ1) is 15.0. The van der Waals surface area contributed by atoms with Gasteiger partial charge in [0.25, 0.3) is 0 Å². The van der Waals surface area contributed by atoms with Crippen molar-refractivity contribution in [2.24, 2.45) is 0 Å². The molecule has 116 valence electrons. The average Bonchev–Trinajstić information content (AvgIpc) is 2.57. The monoisotopic (exact) mass is 306 g/mol. The molecule has 0 saturated carbocycles. The van der Waals surface area contributed by atoms with E-state index in [1.54, 1.807) is 18.3 Å². The lowest BCUT2D eigenvalue weighted by Gasteiger charge is -2.35. The van der Waals surface area contributed by atoms with E-state index in [4.69, 9.17) is 5.26 Å². The summed E-state index contributed by atoms with van der Waals surface area (Å²) in [4.78, 5) is 20.5. The third kappa shape index (κ3) is 3.49. The van der Waals surface area contributed by atoms with E-state index in [1.807, 2.05) is 21.9 Å². The Bertz CT molecular complexity index is 766. The number of aryl methyl sites for hydroxylation is 1. The zero-order valence-corrected chi connectivity index (χ0v) is 13.1. The van der Waals surface area contributed by atoms with Gasteiger partial charge in [-0.25, -0.2) is 4.98 Å². The fourth-order valence-electron chi connectivity index (χ4n) is 2.76. The predicted molar refractivity (Wildman–Crippen MR) is 87.8 cm³/mol. The van der Waals surface area contributed by atoms with E-state index in [0.717, 1.165) is 12.1 Å². The van der Waals surface area contributed by atoms with Crippen LogP contribution in [0.1, 0.15) is 16.7 Å². The quantitative estimate of drug-likeness (QED) is 0.871. The number of hydrogen-bond donors (Lipinski definition) is 0. The van der Waals surface area contributed by atoms with Crippen LogP contribution in [0.15, 0.2) is 42.6 Å². The fraction of sp³-hybridized carbons (Fsp3) is 0.278. The number of benzene rings is 1. The minimum absolute atomic E-state index is 0.0851. The van der Waals surface area contributed by atoms with Gasteiger partial charge in [0.15, 0.2) is 0 Å². The van der Waals surface area contributed by atoms with Gasteiger partial charge in [0.05, 0.1) is 18.2 Å². The van der Waals surface area contributed by atoms with Crippen molar-refractivity contribution in [3.05, 3.63) is 59.3 Å². The molecule has 0 unspecified atom stereocenters. The smallest absolute Gasteiger partial charge is 0.242 e. The Kier molecular flexibility index (Phi) is 4.24. The van der Waals surface area contributed by atoms with Crippen molar-refractivity contribution >= 4 is 11.7 Å². The molecule has 3 rings (SSSR count). The molecule has 1 aromatic carbocycles. The fourth-order valence-corrected chi connectivity index (χ4v) is 2.76. The maximum Gasteiger partial charge on any atom is 0.242 e. The highest BCUT2D eigenvalue weighted by molar-refractivity contribution is 5.82. The first-order chi connectivity index (χ1) is 11.2. The second-order valence-electron chi connectivity index (χ2n) is 5.74. The average molecular weight is 306 g/mol. The highest BCUT2D eigenvalue weighted by atomic mass is 16.2. The number of nitrogens with zero attached hydrogens (tertiary/aromatic N) is 4. The van der Waals surface area contributed by atoms with Crippen LogP contribution in [0.5, 0.6) is 0 Å². The molecular formula is C18H18N4O. The van der Waals surface area contributed by atoms with E-state index in [1.165, 1.54) is 5.56 Å². The number of piperazine rings is 1. The summed E-state index contributed by atoms with van der Waals surface area (Å²) in [6, 6.07) is 13.7. The van der Waals surface area contributed by atoms with Gasteiger partial charge in [-0.1, -0.05) is 29.8 Å². The van der Waals surface area contributed by atoms with E-state index < -0.39 is 0 Å². The van der Waals surface area contributed by atoms with Gasteiger partial charge in [-0.05, 0) is 24.6 Å². The van der Waals surface area contributed by atoms with Crippen molar-refractivity contribution in [2.45, 2.75) is 13.5 Å². The number of nitriles is 1. The van der Waals surface area contributed by atoms with Gasteiger partial charge in [0.2, 0.25) is 5.91 Å². The Hall–Kier alpha value is -2.87. The first-order valence-electron chi connectivity index (χ1n) is 7.60. The van der Waals surface area contributed by atoms with Crippen molar-refractivity contribution in [3.8, 4) is 6.07 Å². The molecule has 0 spiro atoms. The summed E-state index contributed by atoms with van der Waals surface area (Å²) >= 11 is 0. The minimum atomic E-state index is 0.0851. The van der Waals surface area contributed by atoms with Crippen molar-refractivity contribution < 1.29 is 4.79 Å². The van der Waals surface area contributed by atoms with Gasteiger partial charge in [-0.15, -0.1) is 0 Å². The molecule has 5 heteroatoms. The molecule has 1 saturated heterocycles. The standard InChI is InChI=1S/C18H18N4O/c1-14-3-2-4-16(9-14)12-22-8-7-21(13-18(22)23)17-10-15(11-19)5-6-20-17/h2-6,9-10H,7-8,12-13H2,1H3. The second kappa shape index (κ2) is 6.49. The number of anilines is 1. The van der Waals surface area contributed by atoms with Crippen molar-refractivity contribution in [3.63, 3.8) is 0 Å². The highest BCUT2D eigenvalue weighted by Crippen LogP contribution is 2.17. The summed E-state index contributed by atoms with van der Waals surface area (Å²) in [7, 11) is 0. The highest BCUT2D eigenvalue weighted by Gasteiger charge is 2.24. The molecular weight excluding hydrogens is 288 g/mol. The second-order valence-corrected chi connectivity index (χ2v) is 5.74. The van der Waals surface area contributed by atoms with Gasteiger partial charge in [0.1, 0.15) is 5.82 Å². The molecule has 0 bridgehead atoms. The molecule has 1 aromatic heterocycles. The Morgan fingerprint density at radius 3 is 2.87 bits per heavy atom. The van der Waals surface area contributed by atoms with E-state index in [-0.39, 0.29) is 5.91 Å². The van der Waals surface area contributed by atoms with Gasteiger partial charge in [-0.3, -0.25) is 4.79 Å². The van der Waals surface area contributed by atoms with Crippen LogP contribution in [-0.4, -0.2) is 35.4 Å². The predicted octanol–water partition coefficient (Wildman–Crippen LogP) is 2.11. The normalized spacial score (nSPS) is 14.7. The molecule has 0 atom stereocenters. The maximum absolute atomic E-state index is 12.4. The Labute approximate surface area is 135 Å². The van der Waals surface area contributed by atoms with Crippen molar-refractivity contribution in [1.29, 1.82) is 5.26 Å². The summed E-state index contributed by atoms with van der Waals surface area (Å²) in [5.41, 5.74) is 2.91. The van der Waals surface area contributed by atoms with Gasteiger partial charge in [0, 0.05) is 25.8 Å². The zero-order valence-electron chi connectivity index (χ0n) is 13.1. The number of amides is 1. The number of carbonyl (C=O) groups is 1. The molecule has 0 radical (unpaired) electrons. The van der Waals surface area contributed by atoms with Crippen LogP contribution >= 0.6 is 0 Å². The molecule has 0 aliphatic carbocycles. The third-order valence-corrected chi connectivity index (χ3v) is 3.97. The maximum atomic E-state index is 12.4. The van der Waals surface area contributed by atoms with Gasteiger partial charge in [-0.2, -0.15) is 5.26 Å². The van der Waals surface area contributed by atoms with Crippen LogP contribution in [0.25, 0.3) is 0 Å². The molecule has 1 fully saturated rings. The third-order valence-electron chi connectivity index (χ3n) is 3.97. The van der Waals surface area contributed by atoms with Gasteiger partial charge < -0.3 is 9.80 Å². The molecule has 1 amide bonds. The number of carbonyl (C=O) groups excluding carboxylic acids is 1. The molecule has 0 N–H and O–H groups in total. The SMILES string of the molecule is Cc1cccc(CN2CCN(c3cc(C#N)ccn3)CC2=O)c1. The van der Waals surface area contributed by atoms with E-state index >= 15 is 0 Å². The molecule has 5 nitrogen and oxygen atoms in total. The summed E-state index contributed by atoms with van der Waals surface area (Å²) in [5, 5.41) is 8.97. The van der Waals surface area contributed by atoms with Crippen LogP contribution in [-0.2, 0) is 11.3 Å². The molecule has 23 heavy (non-hydrogen) atoms. The van der Waals surface area contributed by atoms with Crippen molar-refractivity contribution in [1.82, 2.24) is 9.88 Å². The lowest BCUT2D eigenvalue weighted by atomic mass is 10.1. The number of pyridine rings is 1. The largest absolute Gasteiger partial charge is 0.345 e. The summed E-state index contributed by atoms with van der Waals surface area (Å²) in [5.74, 6) is 0.773. The van der Waals surface area contributed by atoms with Crippen molar-refractivity contribution in [2.75, 3.05) is 24.5 Å². The van der Waals surface area contributed by atoms with Crippen LogP contribution < -0.4 is 4.90 Å². The molecule has 2 aromatic rings. The Morgan fingerprint density at radius 2 is 2.13 bits per heavy atom. The number of aromatic nitrogens is 1. The number of rotatable bonds is 3. The van der Waals surface area contributed by atoms with Crippen LogP contribution in [0.3, 0.4) is 0 Å². The van der Waals surface area contributed by atoms with E-state index in [0.29, 0.717) is 31.0 Å². The minimum Gasteiger partial charge on any atom is -0.345 e. The van der Waals surface area contributed by atoms with Crippen LogP contribution in [0.2, 0.25) is 0 Å². The molecule has 1 aliphatic heterocycles. The molecule has 1 aliphatic rings. The first-order valence-corrected chi connectivity index (χ1v) is 7.60. The zero-order chi connectivity index (χ0) is 16.2. The lowest BCUT2D eigenvalue weighted by molar-refractivity contribution is -0.131.